The van der Waals surface area contributed by atoms with Crippen LogP contribution in [0, 0.1) is 13.8 Å². The lowest BCUT2D eigenvalue weighted by Crippen LogP contribution is -2.18. The Hall–Kier alpha value is -3.51. The van der Waals surface area contributed by atoms with Crippen LogP contribution < -0.4 is 10.6 Å². The monoisotopic (exact) mass is 429 g/mol. The molecule has 2 amide bonds. The fourth-order valence-electron chi connectivity index (χ4n) is 3.42. The molecule has 0 fully saturated rings. The van der Waals surface area contributed by atoms with Crippen molar-refractivity contribution in [2.45, 2.75) is 26.7 Å². The molecule has 3 aromatic carbocycles. The summed E-state index contributed by atoms with van der Waals surface area (Å²) in [4.78, 5) is 29.9. The molecule has 156 valence electrons. The number of fused-ring (bicyclic) bond motifs is 1. The van der Waals surface area contributed by atoms with Crippen LogP contribution in [0.2, 0.25) is 0 Å². The SMILES string of the molecule is Cc1cccc(C)c1NC(=O)c1ccc2nc(NC(=O)C(C)c3ccccc3)sc2c1. The smallest absolute Gasteiger partial charge is 0.255 e. The van der Waals surface area contributed by atoms with Crippen molar-refractivity contribution in [3.63, 3.8) is 0 Å². The lowest BCUT2D eigenvalue weighted by molar-refractivity contribution is -0.117. The summed E-state index contributed by atoms with van der Waals surface area (Å²) >= 11 is 1.36. The number of carbonyl (C=O) groups is 2. The molecule has 5 nitrogen and oxygen atoms in total. The first-order valence-electron chi connectivity index (χ1n) is 10.1. The van der Waals surface area contributed by atoms with E-state index in [1.807, 2.05) is 81.4 Å². The number of nitrogens with one attached hydrogen (secondary N) is 2. The number of rotatable bonds is 5. The molecular formula is C25H23N3O2S. The minimum atomic E-state index is -0.285. The molecule has 6 heteroatoms. The largest absolute Gasteiger partial charge is 0.322 e. The molecule has 0 aliphatic rings. The zero-order valence-corrected chi connectivity index (χ0v) is 18.4. The number of para-hydroxylation sites is 1. The van der Waals surface area contributed by atoms with Gasteiger partial charge in [0.1, 0.15) is 0 Å². The Morgan fingerprint density at radius 2 is 1.61 bits per heavy atom. The second-order valence-corrected chi connectivity index (χ2v) is 8.57. The van der Waals surface area contributed by atoms with Crippen molar-refractivity contribution in [3.05, 3.63) is 89.0 Å². The molecule has 4 rings (SSSR count). The molecule has 1 unspecified atom stereocenters. The number of aryl methyl sites for hydroxylation is 2. The molecule has 1 atom stereocenters. The second-order valence-electron chi connectivity index (χ2n) is 7.54. The maximum Gasteiger partial charge on any atom is 0.255 e. The number of nitrogens with zero attached hydrogens (tertiary/aromatic N) is 1. The first-order valence-corrected chi connectivity index (χ1v) is 10.9. The van der Waals surface area contributed by atoms with Crippen LogP contribution in [0.4, 0.5) is 10.8 Å². The summed E-state index contributed by atoms with van der Waals surface area (Å²) in [5.74, 6) is -0.568. The Labute approximate surface area is 185 Å². The molecule has 0 aliphatic carbocycles. The van der Waals surface area contributed by atoms with Crippen molar-refractivity contribution in [2.24, 2.45) is 0 Å². The summed E-state index contributed by atoms with van der Waals surface area (Å²) < 4.78 is 0.844. The highest BCUT2D eigenvalue weighted by atomic mass is 32.1. The van der Waals surface area contributed by atoms with Gasteiger partial charge in [0, 0.05) is 11.3 Å². The van der Waals surface area contributed by atoms with Gasteiger partial charge in [-0.1, -0.05) is 59.9 Å². The van der Waals surface area contributed by atoms with Gasteiger partial charge in [0.2, 0.25) is 5.91 Å². The zero-order valence-electron chi connectivity index (χ0n) is 17.6. The fourth-order valence-corrected chi connectivity index (χ4v) is 4.33. The molecule has 0 aliphatic heterocycles. The van der Waals surface area contributed by atoms with E-state index in [9.17, 15) is 9.59 Å². The highest BCUT2D eigenvalue weighted by molar-refractivity contribution is 7.22. The Balaban J connectivity index is 1.52. The fraction of sp³-hybridized carbons (Fsp3) is 0.160. The van der Waals surface area contributed by atoms with Crippen molar-refractivity contribution in [1.82, 2.24) is 4.98 Å². The van der Waals surface area contributed by atoms with Crippen molar-refractivity contribution >= 4 is 44.2 Å². The summed E-state index contributed by atoms with van der Waals surface area (Å²) in [5.41, 5.74) is 5.12. The number of benzene rings is 3. The number of carbonyl (C=O) groups excluding carboxylic acids is 2. The molecule has 0 spiro atoms. The number of hydrogen-bond donors (Lipinski definition) is 2. The van der Waals surface area contributed by atoms with Gasteiger partial charge in [0.25, 0.3) is 5.91 Å². The van der Waals surface area contributed by atoms with Gasteiger partial charge in [0.15, 0.2) is 5.13 Å². The number of thiazole rings is 1. The standard InChI is InChI=1S/C25H23N3O2S/c1-15-8-7-9-16(2)22(15)27-24(30)19-12-13-20-21(14-19)31-25(26-20)28-23(29)17(3)18-10-5-4-6-11-18/h4-14,17H,1-3H3,(H,27,30)(H,26,28,29). The first kappa shape index (κ1) is 20.8. The molecule has 0 radical (unpaired) electrons. The van der Waals surface area contributed by atoms with E-state index in [1.54, 1.807) is 6.07 Å². The van der Waals surface area contributed by atoms with Crippen LogP contribution >= 0.6 is 11.3 Å². The average Bonchev–Trinajstić information content (AvgIpc) is 3.17. The molecule has 0 saturated heterocycles. The summed E-state index contributed by atoms with van der Waals surface area (Å²) in [7, 11) is 0. The molecule has 0 saturated carbocycles. The van der Waals surface area contributed by atoms with Crippen LogP contribution in [0.15, 0.2) is 66.7 Å². The lowest BCUT2D eigenvalue weighted by Gasteiger charge is -2.11. The molecule has 31 heavy (non-hydrogen) atoms. The molecule has 1 heterocycles. The lowest BCUT2D eigenvalue weighted by atomic mass is 10.0. The van der Waals surface area contributed by atoms with E-state index in [4.69, 9.17) is 0 Å². The normalized spacial score (nSPS) is 11.8. The average molecular weight is 430 g/mol. The van der Waals surface area contributed by atoms with Gasteiger partial charge in [-0.05, 0) is 55.7 Å². The Morgan fingerprint density at radius 3 is 2.32 bits per heavy atom. The van der Waals surface area contributed by atoms with Crippen LogP contribution in [0.5, 0.6) is 0 Å². The van der Waals surface area contributed by atoms with Gasteiger partial charge in [-0.3, -0.25) is 9.59 Å². The van der Waals surface area contributed by atoms with E-state index in [-0.39, 0.29) is 17.7 Å². The van der Waals surface area contributed by atoms with Gasteiger partial charge >= 0.3 is 0 Å². The van der Waals surface area contributed by atoms with Crippen LogP contribution in [-0.4, -0.2) is 16.8 Å². The molecular weight excluding hydrogens is 406 g/mol. The van der Waals surface area contributed by atoms with Gasteiger partial charge in [-0.2, -0.15) is 0 Å². The summed E-state index contributed by atoms with van der Waals surface area (Å²) in [5, 5.41) is 6.43. The number of aromatic nitrogens is 1. The van der Waals surface area contributed by atoms with Crippen molar-refractivity contribution in [2.75, 3.05) is 10.6 Å². The minimum Gasteiger partial charge on any atom is -0.322 e. The predicted molar refractivity (Wildman–Crippen MR) is 127 cm³/mol. The molecule has 1 aromatic heterocycles. The maximum atomic E-state index is 12.8. The van der Waals surface area contributed by atoms with Crippen LogP contribution in [0.25, 0.3) is 10.2 Å². The highest BCUT2D eigenvalue weighted by Gasteiger charge is 2.17. The third-order valence-corrected chi connectivity index (χ3v) is 6.23. The maximum absolute atomic E-state index is 12.8. The molecule has 2 N–H and O–H groups in total. The third kappa shape index (κ3) is 4.49. The summed E-state index contributed by atoms with van der Waals surface area (Å²) in [6, 6.07) is 20.9. The van der Waals surface area contributed by atoms with Gasteiger partial charge in [0.05, 0.1) is 16.1 Å². The Morgan fingerprint density at radius 1 is 0.903 bits per heavy atom. The topological polar surface area (TPSA) is 71.1 Å². The number of anilines is 2. The van der Waals surface area contributed by atoms with Crippen LogP contribution in [0.1, 0.15) is 39.9 Å². The van der Waals surface area contributed by atoms with E-state index < -0.39 is 0 Å². The predicted octanol–water partition coefficient (Wildman–Crippen LogP) is 5.91. The molecule has 0 bridgehead atoms. The number of amides is 2. The Bertz CT molecular complexity index is 1240. The third-order valence-electron chi connectivity index (χ3n) is 5.29. The van der Waals surface area contributed by atoms with Gasteiger partial charge in [-0.15, -0.1) is 0 Å². The minimum absolute atomic E-state index is 0.113. The van der Waals surface area contributed by atoms with Gasteiger partial charge < -0.3 is 10.6 Å². The highest BCUT2D eigenvalue weighted by Crippen LogP contribution is 2.29. The quantitative estimate of drug-likeness (QED) is 0.414. The van der Waals surface area contributed by atoms with Crippen molar-refractivity contribution < 1.29 is 9.59 Å². The van der Waals surface area contributed by atoms with E-state index in [1.165, 1.54) is 11.3 Å². The second kappa shape index (κ2) is 8.70. The van der Waals surface area contributed by atoms with Crippen molar-refractivity contribution in [3.8, 4) is 0 Å². The van der Waals surface area contributed by atoms with E-state index in [0.717, 1.165) is 32.6 Å². The molecule has 4 aromatic rings. The van der Waals surface area contributed by atoms with Gasteiger partial charge in [-0.25, -0.2) is 4.98 Å². The number of hydrogen-bond acceptors (Lipinski definition) is 4. The van der Waals surface area contributed by atoms with E-state index in [0.29, 0.717) is 10.7 Å². The first-order chi connectivity index (χ1) is 14.9. The zero-order chi connectivity index (χ0) is 22.0. The summed E-state index contributed by atoms with van der Waals surface area (Å²) in [6.45, 7) is 5.81. The Kier molecular flexibility index (Phi) is 5.82. The van der Waals surface area contributed by atoms with Crippen LogP contribution in [-0.2, 0) is 4.79 Å². The van der Waals surface area contributed by atoms with E-state index >= 15 is 0 Å². The summed E-state index contributed by atoms with van der Waals surface area (Å²) in [6.07, 6.45) is 0. The van der Waals surface area contributed by atoms with E-state index in [2.05, 4.69) is 15.6 Å². The van der Waals surface area contributed by atoms with Crippen LogP contribution in [0.3, 0.4) is 0 Å². The van der Waals surface area contributed by atoms with Crippen molar-refractivity contribution in [1.29, 1.82) is 0 Å².